The minimum Gasteiger partial charge on any atom is -0.269 e. The third kappa shape index (κ3) is 4.01. The highest BCUT2D eigenvalue weighted by Crippen LogP contribution is 2.33. The molecule has 176 valence electrons. The second-order valence-corrected chi connectivity index (χ2v) is 9.08. The molecule has 0 atom stereocenters. The first-order valence-corrected chi connectivity index (χ1v) is 12.2. The second-order valence-electron chi connectivity index (χ2n) is 9.08. The normalized spacial score (nSPS) is 11.0. The van der Waals surface area contributed by atoms with Gasteiger partial charge in [0.2, 0.25) is 0 Å². The summed E-state index contributed by atoms with van der Waals surface area (Å²) < 4.78 is 0. The minimum atomic E-state index is 0. The van der Waals surface area contributed by atoms with Crippen LogP contribution < -0.4 is 0 Å². The molecule has 0 aliphatic heterocycles. The number of benzene rings is 5. The van der Waals surface area contributed by atoms with E-state index >= 15 is 0 Å². The highest BCUT2D eigenvalue weighted by molar-refractivity contribution is 6.04. The lowest BCUT2D eigenvalue weighted by atomic mass is 9.96. The van der Waals surface area contributed by atoms with E-state index in [-0.39, 0.29) is 4.70 Å². The van der Waals surface area contributed by atoms with Crippen LogP contribution in [0, 0.1) is 0 Å². The van der Waals surface area contributed by atoms with Crippen LogP contribution in [-0.4, -0.2) is 9.97 Å². The maximum absolute atomic E-state index is 5.14. The van der Waals surface area contributed by atoms with Gasteiger partial charge in [-0.1, -0.05) is 115 Å². The number of halogens is 1. The van der Waals surface area contributed by atoms with Gasteiger partial charge in [0.1, 0.15) is 0 Å². The zero-order valence-electron chi connectivity index (χ0n) is 20.0. The largest absolute Gasteiger partial charge is 0.269 e. The number of hydrogen-bond donors (Lipinski definition) is 0. The number of hydrogen-bond acceptors (Lipinski definition) is 2. The van der Waals surface area contributed by atoms with Gasteiger partial charge in [-0.25, -0.2) is 9.97 Å². The Kier molecular flexibility index (Phi) is 5.66. The van der Waals surface area contributed by atoms with E-state index in [1.54, 1.807) is 0 Å². The molecular weight excluding hydrogens is 455 g/mol. The van der Waals surface area contributed by atoms with Crippen molar-refractivity contribution in [2.75, 3.05) is 0 Å². The summed E-state index contributed by atoms with van der Waals surface area (Å²) in [4.78, 5) is 10.2. The molecule has 0 aliphatic carbocycles. The Balaban J connectivity index is 0.00000252. The van der Waals surface area contributed by atoms with E-state index in [0.29, 0.717) is 0 Å². The summed E-state index contributed by atoms with van der Waals surface area (Å²) in [6.07, 6.45) is 0. The van der Waals surface area contributed by atoms with Crippen molar-refractivity contribution in [2.45, 2.75) is 0 Å². The van der Waals surface area contributed by atoms with Gasteiger partial charge in [0.15, 0.2) is 0 Å². The first-order chi connectivity index (χ1) is 17.8. The first-order valence-electron chi connectivity index (χ1n) is 12.2. The number of pyridine rings is 2. The molecule has 7 rings (SSSR count). The summed E-state index contributed by atoms with van der Waals surface area (Å²) in [5.41, 5.74) is 8.39. The topological polar surface area (TPSA) is 25.8 Å². The van der Waals surface area contributed by atoms with E-state index in [9.17, 15) is 0 Å². The number of aromatic nitrogens is 2. The molecule has 0 aliphatic rings. The first kappa shape index (κ1) is 22.6. The Hall–Kier alpha value is -4.89. The fourth-order valence-electron chi connectivity index (χ4n) is 5.02. The maximum atomic E-state index is 5.14. The van der Waals surface area contributed by atoms with Crippen LogP contribution in [0.25, 0.3) is 66.2 Å². The Morgan fingerprint density at radius 3 is 1.68 bits per heavy atom. The van der Waals surface area contributed by atoms with Crippen LogP contribution in [0.3, 0.4) is 0 Å². The highest BCUT2D eigenvalue weighted by atomic mass is 19.0. The molecule has 2 heterocycles. The third-order valence-corrected chi connectivity index (χ3v) is 6.85. The van der Waals surface area contributed by atoms with Crippen LogP contribution in [0.2, 0.25) is 0 Å². The molecule has 2 aromatic heterocycles. The summed E-state index contributed by atoms with van der Waals surface area (Å²) in [6.45, 7) is 0. The van der Waals surface area contributed by atoms with Crippen LogP contribution in [0.4, 0.5) is 4.70 Å². The van der Waals surface area contributed by atoms with Crippen molar-refractivity contribution in [1.82, 2.24) is 9.97 Å². The molecule has 0 radical (unpaired) electrons. The molecular formula is C34H23FN2. The Labute approximate surface area is 214 Å². The maximum Gasteiger partial charge on any atom is 0.0972 e. The monoisotopic (exact) mass is 478 g/mol. The van der Waals surface area contributed by atoms with Gasteiger partial charge in [0.05, 0.1) is 22.4 Å². The number of fused-ring (bicyclic) bond motifs is 4. The standard InChI is InChI=1S/C34H22N2.FH/c1-2-9-24(10-3-1)31-20-18-25-16-17-26-19-21-32(36-34(26)33(25)35-31)28-13-6-12-27(22-28)30-15-7-11-23-8-4-5-14-29(23)30;/h1-22H;1H. The molecule has 2 nitrogen and oxygen atoms in total. The molecule has 0 N–H and O–H groups in total. The fourth-order valence-corrected chi connectivity index (χ4v) is 5.02. The smallest absolute Gasteiger partial charge is 0.0972 e. The van der Waals surface area contributed by atoms with Gasteiger partial charge in [-0.05, 0) is 40.1 Å². The summed E-state index contributed by atoms with van der Waals surface area (Å²) in [7, 11) is 0. The Morgan fingerprint density at radius 2 is 0.919 bits per heavy atom. The van der Waals surface area contributed by atoms with E-state index in [1.165, 1.54) is 21.9 Å². The zero-order chi connectivity index (χ0) is 23.9. The van der Waals surface area contributed by atoms with E-state index in [0.717, 1.165) is 44.3 Å². The van der Waals surface area contributed by atoms with E-state index < -0.39 is 0 Å². The predicted octanol–water partition coefficient (Wildman–Crippen LogP) is 9.09. The second kappa shape index (κ2) is 9.29. The van der Waals surface area contributed by atoms with Crippen molar-refractivity contribution in [3.8, 4) is 33.6 Å². The molecule has 0 saturated heterocycles. The van der Waals surface area contributed by atoms with Gasteiger partial charge in [0.25, 0.3) is 0 Å². The number of nitrogens with zero attached hydrogens (tertiary/aromatic N) is 2. The third-order valence-electron chi connectivity index (χ3n) is 6.85. The average Bonchev–Trinajstić information content (AvgIpc) is 2.97. The predicted molar refractivity (Wildman–Crippen MR) is 153 cm³/mol. The molecule has 0 bridgehead atoms. The molecule has 0 amide bonds. The summed E-state index contributed by atoms with van der Waals surface area (Å²) >= 11 is 0. The van der Waals surface area contributed by atoms with Gasteiger partial charge in [0, 0.05) is 21.9 Å². The van der Waals surface area contributed by atoms with E-state index in [4.69, 9.17) is 9.97 Å². The van der Waals surface area contributed by atoms with Crippen LogP contribution in [0.5, 0.6) is 0 Å². The van der Waals surface area contributed by atoms with Crippen molar-refractivity contribution in [1.29, 1.82) is 0 Å². The molecule has 5 aromatic carbocycles. The average molecular weight is 479 g/mol. The van der Waals surface area contributed by atoms with Crippen LogP contribution in [-0.2, 0) is 0 Å². The van der Waals surface area contributed by atoms with Crippen LogP contribution >= 0.6 is 0 Å². The molecule has 0 saturated carbocycles. The van der Waals surface area contributed by atoms with Crippen molar-refractivity contribution in [3.05, 3.63) is 133 Å². The van der Waals surface area contributed by atoms with Gasteiger partial charge in [-0.15, -0.1) is 0 Å². The van der Waals surface area contributed by atoms with Crippen molar-refractivity contribution >= 4 is 32.6 Å². The lowest BCUT2D eigenvalue weighted by Crippen LogP contribution is -1.91. The molecule has 0 fully saturated rings. The molecule has 7 aromatic rings. The van der Waals surface area contributed by atoms with Crippen molar-refractivity contribution in [2.24, 2.45) is 0 Å². The number of rotatable bonds is 3. The Bertz CT molecular complexity index is 1890. The molecule has 3 heteroatoms. The van der Waals surface area contributed by atoms with Crippen molar-refractivity contribution in [3.63, 3.8) is 0 Å². The Morgan fingerprint density at radius 1 is 0.378 bits per heavy atom. The zero-order valence-corrected chi connectivity index (χ0v) is 20.0. The molecule has 0 unspecified atom stereocenters. The van der Waals surface area contributed by atoms with Crippen LogP contribution in [0.1, 0.15) is 0 Å². The van der Waals surface area contributed by atoms with Gasteiger partial charge < -0.3 is 0 Å². The van der Waals surface area contributed by atoms with Gasteiger partial charge in [-0.3, -0.25) is 4.70 Å². The van der Waals surface area contributed by atoms with E-state index in [2.05, 4.69) is 115 Å². The fraction of sp³-hybridized carbons (Fsp3) is 0. The molecule has 0 spiro atoms. The lowest BCUT2D eigenvalue weighted by Gasteiger charge is -2.10. The van der Waals surface area contributed by atoms with Crippen LogP contribution in [0.15, 0.2) is 133 Å². The quantitative estimate of drug-likeness (QED) is 0.237. The lowest BCUT2D eigenvalue weighted by molar-refractivity contribution is 1.11. The SMILES string of the molecule is F.c1ccc(-c2ccc3ccc4ccc(-c5cccc(-c6cccc7ccccc67)c5)nc4c3n2)cc1. The highest BCUT2D eigenvalue weighted by Gasteiger charge is 2.10. The van der Waals surface area contributed by atoms with Crippen molar-refractivity contribution < 1.29 is 4.70 Å². The summed E-state index contributed by atoms with van der Waals surface area (Å²) in [6, 6.07) is 46.7. The van der Waals surface area contributed by atoms with E-state index in [1.807, 2.05) is 18.2 Å². The van der Waals surface area contributed by atoms with Gasteiger partial charge in [-0.2, -0.15) is 0 Å². The van der Waals surface area contributed by atoms with Gasteiger partial charge >= 0.3 is 0 Å². The molecule has 37 heavy (non-hydrogen) atoms. The minimum absolute atomic E-state index is 0. The summed E-state index contributed by atoms with van der Waals surface area (Å²) in [5, 5.41) is 4.69. The summed E-state index contributed by atoms with van der Waals surface area (Å²) in [5.74, 6) is 0.